The molecule has 0 saturated heterocycles. The summed E-state index contributed by atoms with van der Waals surface area (Å²) < 4.78 is 51.2. The van der Waals surface area contributed by atoms with Crippen LogP contribution in [0.5, 0.6) is 0 Å². The van der Waals surface area contributed by atoms with Crippen molar-refractivity contribution in [1.29, 1.82) is 0 Å². The Morgan fingerprint density at radius 2 is 2.00 bits per heavy atom. The van der Waals surface area contributed by atoms with E-state index in [4.69, 9.17) is 5.73 Å². The molecule has 20 heavy (non-hydrogen) atoms. The van der Waals surface area contributed by atoms with Gasteiger partial charge in [0.1, 0.15) is 5.82 Å². The molecule has 2 rings (SSSR count). The van der Waals surface area contributed by atoms with Gasteiger partial charge in [0, 0.05) is 12.6 Å². The van der Waals surface area contributed by atoms with E-state index in [1.807, 2.05) is 0 Å². The van der Waals surface area contributed by atoms with E-state index >= 15 is 0 Å². The van der Waals surface area contributed by atoms with Gasteiger partial charge in [-0.15, -0.1) is 0 Å². The van der Waals surface area contributed by atoms with Crippen molar-refractivity contribution in [3.63, 3.8) is 0 Å². The molecule has 112 valence electrons. The lowest BCUT2D eigenvalue weighted by Crippen LogP contribution is -2.29. The van der Waals surface area contributed by atoms with Crippen LogP contribution in [-0.2, 0) is 6.18 Å². The molecule has 1 aliphatic rings. The van der Waals surface area contributed by atoms with Crippen LogP contribution in [0.1, 0.15) is 36.4 Å². The van der Waals surface area contributed by atoms with E-state index < -0.39 is 17.6 Å². The maximum atomic E-state index is 13.2. The molecule has 0 radical (unpaired) electrons. The third-order valence-electron chi connectivity index (χ3n) is 3.57. The molecule has 1 aromatic rings. The number of rotatable bonds is 6. The SMILES string of the molecule is NCC(NCCC1CC1)c1ccc(F)c(C(F)(F)F)c1. The molecule has 2 nitrogen and oxygen atoms in total. The molecule has 0 amide bonds. The average Bonchev–Trinajstić information content (AvgIpc) is 3.18. The summed E-state index contributed by atoms with van der Waals surface area (Å²) in [6.45, 7) is 0.888. The fourth-order valence-electron chi connectivity index (χ4n) is 2.18. The van der Waals surface area contributed by atoms with Crippen molar-refractivity contribution in [2.45, 2.75) is 31.5 Å². The van der Waals surface area contributed by atoms with Crippen molar-refractivity contribution in [2.75, 3.05) is 13.1 Å². The minimum absolute atomic E-state index is 0.174. The van der Waals surface area contributed by atoms with Gasteiger partial charge in [-0.25, -0.2) is 4.39 Å². The lowest BCUT2D eigenvalue weighted by atomic mass is 10.0. The highest BCUT2D eigenvalue weighted by atomic mass is 19.4. The highest BCUT2D eigenvalue weighted by Gasteiger charge is 2.34. The second-order valence-corrected chi connectivity index (χ2v) is 5.21. The second-order valence-electron chi connectivity index (χ2n) is 5.21. The summed E-state index contributed by atoms with van der Waals surface area (Å²) in [6, 6.07) is 2.67. The van der Waals surface area contributed by atoms with Crippen molar-refractivity contribution in [3.05, 3.63) is 35.1 Å². The van der Waals surface area contributed by atoms with Gasteiger partial charge in [-0.1, -0.05) is 18.9 Å². The normalized spacial score (nSPS) is 17.2. The number of halogens is 4. The lowest BCUT2D eigenvalue weighted by Gasteiger charge is -2.19. The summed E-state index contributed by atoms with van der Waals surface area (Å²) in [5.74, 6) is -0.519. The first-order valence-corrected chi connectivity index (χ1v) is 6.72. The van der Waals surface area contributed by atoms with E-state index in [0.717, 1.165) is 24.5 Å². The van der Waals surface area contributed by atoms with Crippen LogP contribution in [0.4, 0.5) is 17.6 Å². The molecule has 1 fully saturated rings. The summed E-state index contributed by atoms with van der Waals surface area (Å²) in [5.41, 5.74) is 4.73. The molecule has 0 aromatic heterocycles. The van der Waals surface area contributed by atoms with Gasteiger partial charge in [0.2, 0.25) is 0 Å². The first-order valence-electron chi connectivity index (χ1n) is 6.72. The van der Waals surface area contributed by atoms with E-state index in [2.05, 4.69) is 5.32 Å². The van der Waals surface area contributed by atoms with E-state index in [1.54, 1.807) is 0 Å². The predicted octanol–water partition coefficient (Wildman–Crippen LogP) is 3.23. The summed E-state index contributed by atoms with van der Waals surface area (Å²) >= 11 is 0. The van der Waals surface area contributed by atoms with Gasteiger partial charge in [0.25, 0.3) is 0 Å². The van der Waals surface area contributed by atoms with Gasteiger partial charge in [-0.3, -0.25) is 0 Å². The Hall–Kier alpha value is -1.14. The Morgan fingerprint density at radius 3 is 2.55 bits per heavy atom. The number of hydrogen-bond donors (Lipinski definition) is 2. The number of alkyl halides is 3. The standard InChI is InChI=1S/C14H18F4N2/c15-12-4-3-10(7-11(12)14(16,17)18)13(8-19)20-6-5-9-1-2-9/h3-4,7,9,13,20H,1-2,5-6,8,19H2. The summed E-state index contributed by atoms with van der Waals surface area (Å²) in [6.07, 6.45) is -1.23. The van der Waals surface area contributed by atoms with E-state index in [0.29, 0.717) is 12.1 Å². The van der Waals surface area contributed by atoms with Gasteiger partial charge in [-0.2, -0.15) is 13.2 Å². The zero-order valence-corrected chi connectivity index (χ0v) is 11.0. The minimum atomic E-state index is -4.69. The molecular formula is C14H18F4N2. The van der Waals surface area contributed by atoms with Gasteiger partial charge in [-0.05, 0) is 36.6 Å². The Morgan fingerprint density at radius 1 is 1.30 bits per heavy atom. The Bertz CT molecular complexity index is 455. The maximum absolute atomic E-state index is 13.2. The molecule has 1 atom stereocenters. The molecule has 1 saturated carbocycles. The number of hydrogen-bond acceptors (Lipinski definition) is 2. The fraction of sp³-hybridized carbons (Fsp3) is 0.571. The first-order chi connectivity index (χ1) is 9.41. The highest BCUT2D eigenvalue weighted by Crippen LogP contribution is 2.33. The first kappa shape index (κ1) is 15.3. The molecule has 0 bridgehead atoms. The Labute approximate surface area is 115 Å². The molecule has 1 unspecified atom stereocenters. The number of nitrogens with one attached hydrogen (secondary N) is 1. The minimum Gasteiger partial charge on any atom is -0.329 e. The number of benzene rings is 1. The van der Waals surface area contributed by atoms with E-state index in [1.165, 1.54) is 18.9 Å². The van der Waals surface area contributed by atoms with Crippen molar-refractivity contribution < 1.29 is 17.6 Å². The highest BCUT2D eigenvalue weighted by molar-refractivity contribution is 5.29. The van der Waals surface area contributed by atoms with Crippen molar-refractivity contribution in [1.82, 2.24) is 5.32 Å². The van der Waals surface area contributed by atoms with Crippen LogP contribution in [0.25, 0.3) is 0 Å². The maximum Gasteiger partial charge on any atom is 0.419 e. The van der Waals surface area contributed by atoms with Crippen LogP contribution < -0.4 is 11.1 Å². The summed E-state index contributed by atoms with van der Waals surface area (Å²) in [7, 11) is 0. The van der Waals surface area contributed by atoms with Crippen LogP contribution in [0.3, 0.4) is 0 Å². The van der Waals surface area contributed by atoms with Gasteiger partial charge in [0.05, 0.1) is 5.56 Å². The van der Waals surface area contributed by atoms with Crippen LogP contribution in [0.15, 0.2) is 18.2 Å². The smallest absolute Gasteiger partial charge is 0.329 e. The van der Waals surface area contributed by atoms with Gasteiger partial charge < -0.3 is 11.1 Å². The van der Waals surface area contributed by atoms with Gasteiger partial charge >= 0.3 is 6.18 Å². The fourth-order valence-corrected chi connectivity index (χ4v) is 2.18. The largest absolute Gasteiger partial charge is 0.419 e. The third-order valence-corrected chi connectivity index (χ3v) is 3.57. The van der Waals surface area contributed by atoms with Crippen LogP contribution in [0, 0.1) is 11.7 Å². The zero-order valence-electron chi connectivity index (χ0n) is 11.0. The average molecular weight is 290 g/mol. The molecular weight excluding hydrogens is 272 g/mol. The van der Waals surface area contributed by atoms with Crippen molar-refractivity contribution in [2.24, 2.45) is 11.7 Å². The van der Waals surface area contributed by atoms with Crippen LogP contribution in [-0.4, -0.2) is 13.1 Å². The zero-order chi connectivity index (χ0) is 14.8. The molecule has 1 aliphatic carbocycles. The Kier molecular flexibility index (Phi) is 4.65. The molecule has 0 spiro atoms. The molecule has 0 aliphatic heterocycles. The van der Waals surface area contributed by atoms with Crippen molar-refractivity contribution in [3.8, 4) is 0 Å². The third kappa shape index (κ3) is 3.93. The lowest BCUT2D eigenvalue weighted by molar-refractivity contribution is -0.140. The predicted molar refractivity (Wildman–Crippen MR) is 68.5 cm³/mol. The molecule has 6 heteroatoms. The Balaban J connectivity index is 2.07. The van der Waals surface area contributed by atoms with E-state index in [-0.39, 0.29) is 12.6 Å². The summed E-state index contributed by atoms with van der Waals surface area (Å²) in [5, 5.41) is 3.14. The van der Waals surface area contributed by atoms with E-state index in [9.17, 15) is 17.6 Å². The second kappa shape index (κ2) is 6.10. The quantitative estimate of drug-likeness (QED) is 0.789. The van der Waals surface area contributed by atoms with Crippen molar-refractivity contribution >= 4 is 0 Å². The van der Waals surface area contributed by atoms with Gasteiger partial charge in [0.15, 0.2) is 0 Å². The summed E-state index contributed by atoms with van der Waals surface area (Å²) in [4.78, 5) is 0. The van der Waals surface area contributed by atoms with Crippen LogP contribution >= 0.6 is 0 Å². The number of nitrogens with two attached hydrogens (primary N) is 1. The monoisotopic (exact) mass is 290 g/mol. The van der Waals surface area contributed by atoms with Crippen LogP contribution in [0.2, 0.25) is 0 Å². The molecule has 1 aromatic carbocycles. The topological polar surface area (TPSA) is 38.0 Å². The molecule has 0 heterocycles. The molecule has 3 N–H and O–H groups in total.